The molecule has 0 aliphatic heterocycles. The van der Waals surface area contributed by atoms with Crippen molar-refractivity contribution in [3.05, 3.63) is 70.1 Å². The number of aromatic nitrogens is 3. The molecule has 0 unspecified atom stereocenters. The molecule has 3 rings (SSSR count). The van der Waals surface area contributed by atoms with Gasteiger partial charge in [-0.3, -0.25) is 0 Å². The average Bonchev–Trinajstić information content (AvgIpc) is 3.04. The Hall–Kier alpha value is -2.75. The van der Waals surface area contributed by atoms with Crippen LogP contribution in [0.2, 0.25) is 5.02 Å². The lowest BCUT2D eigenvalue weighted by Crippen LogP contribution is -2.22. The monoisotopic (exact) mass is 448 g/mol. The number of hydrogen-bond acceptors (Lipinski definition) is 6. The molecular weight excluding hydrogens is 428 g/mol. The summed E-state index contributed by atoms with van der Waals surface area (Å²) >= 11 is 6.15. The highest BCUT2D eigenvalue weighted by atomic mass is 35.5. The molecule has 0 bridgehead atoms. The van der Waals surface area contributed by atoms with E-state index in [9.17, 15) is 13.2 Å². The molecule has 0 saturated heterocycles. The zero-order valence-electron chi connectivity index (χ0n) is 17.0. The molecule has 0 aliphatic carbocycles. The van der Waals surface area contributed by atoms with Gasteiger partial charge in [0.25, 0.3) is 0 Å². The number of carbonyl (C=O) groups is 1. The van der Waals surface area contributed by atoms with Crippen molar-refractivity contribution in [3.8, 4) is 5.82 Å². The van der Waals surface area contributed by atoms with Gasteiger partial charge in [0.05, 0.1) is 15.6 Å². The third kappa shape index (κ3) is 4.53. The molecule has 30 heavy (non-hydrogen) atoms. The Kier molecular flexibility index (Phi) is 6.25. The summed E-state index contributed by atoms with van der Waals surface area (Å²) in [6.45, 7) is 3.61. The topological polar surface area (TPSA) is 94.4 Å². The number of ether oxygens (including phenoxy) is 1. The number of nitrogens with zero attached hydrogens (tertiary/aromatic N) is 4. The SMILES string of the molecule is Cc1cc(C)n(-c2ccc(Cl)c(C(=O)OCc3cccc(S(=O)(=O)N(C)C)c3)n2)n1. The summed E-state index contributed by atoms with van der Waals surface area (Å²) in [6.07, 6.45) is 0. The van der Waals surface area contributed by atoms with Crippen LogP contribution in [-0.4, -0.2) is 47.6 Å². The Bertz CT molecular complexity index is 1210. The van der Waals surface area contributed by atoms with E-state index in [1.54, 1.807) is 28.9 Å². The summed E-state index contributed by atoms with van der Waals surface area (Å²) in [4.78, 5) is 17.0. The van der Waals surface area contributed by atoms with Crippen LogP contribution in [0, 0.1) is 13.8 Å². The number of pyridine rings is 1. The predicted molar refractivity (Wildman–Crippen MR) is 112 cm³/mol. The van der Waals surface area contributed by atoms with Crippen LogP contribution in [0.3, 0.4) is 0 Å². The first-order chi connectivity index (χ1) is 14.1. The molecule has 0 amide bonds. The van der Waals surface area contributed by atoms with Crippen molar-refractivity contribution >= 4 is 27.6 Å². The van der Waals surface area contributed by atoms with E-state index in [2.05, 4.69) is 10.1 Å². The molecule has 0 atom stereocenters. The Morgan fingerprint density at radius 1 is 1.17 bits per heavy atom. The number of aryl methyl sites for hydroxylation is 2. The van der Waals surface area contributed by atoms with E-state index >= 15 is 0 Å². The van der Waals surface area contributed by atoms with E-state index in [4.69, 9.17) is 16.3 Å². The van der Waals surface area contributed by atoms with Gasteiger partial charge >= 0.3 is 5.97 Å². The molecule has 0 aliphatic rings. The third-order valence-corrected chi connectivity index (χ3v) is 6.41. The van der Waals surface area contributed by atoms with Crippen LogP contribution >= 0.6 is 11.6 Å². The molecule has 0 spiro atoms. The van der Waals surface area contributed by atoms with E-state index in [0.29, 0.717) is 11.4 Å². The van der Waals surface area contributed by atoms with Crippen molar-refractivity contribution in [1.29, 1.82) is 0 Å². The quantitative estimate of drug-likeness (QED) is 0.537. The number of sulfonamides is 1. The molecule has 0 fully saturated rings. The van der Waals surface area contributed by atoms with E-state index in [1.165, 1.54) is 26.2 Å². The Morgan fingerprint density at radius 2 is 1.90 bits per heavy atom. The number of hydrogen-bond donors (Lipinski definition) is 0. The molecule has 2 heterocycles. The normalized spacial score (nSPS) is 11.7. The molecular formula is C20H21ClN4O4S. The number of carbonyl (C=O) groups excluding carboxylic acids is 1. The Labute approximate surface area is 180 Å². The van der Waals surface area contributed by atoms with Crippen molar-refractivity contribution in [3.63, 3.8) is 0 Å². The largest absolute Gasteiger partial charge is 0.456 e. The maximum absolute atomic E-state index is 12.6. The van der Waals surface area contributed by atoms with Crippen LogP contribution in [0.15, 0.2) is 47.4 Å². The van der Waals surface area contributed by atoms with Crippen molar-refractivity contribution in [2.45, 2.75) is 25.3 Å². The van der Waals surface area contributed by atoms with Gasteiger partial charge in [-0.2, -0.15) is 5.10 Å². The lowest BCUT2D eigenvalue weighted by molar-refractivity contribution is 0.0465. The fourth-order valence-electron chi connectivity index (χ4n) is 2.78. The summed E-state index contributed by atoms with van der Waals surface area (Å²) < 4.78 is 32.6. The molecule has 3 aromatic rings. The van der Waals surface area contributed by atoms with Crippen LogP contribution in [0.1, 0.15) is 27.4 Å². The number of halogens is 1. The van der Waals surface area contributed by atoms with Crippen LogP contribution < -0.4 is 0 Å². The predicted octanol–water partition coefficient (Wildman–Crippen LogP) is 3.14. The van der Waals surface area contributed by atoms with Gasteiger partial charge in [0.15, 0.2) is 11.5 Å². The van der Waals surface area contributed by atoms with Gasteiger partial charge in [0.1, 0.15) is 6.61 Å². The summed E-state index contributed by atoms with van der Waals surface area (Å²) in [5.41, 5.74) is 2.16. The molecule has 2 aromatic heterocycles. The number of esters is 1. The first kappa shape index (κ1) is 21.9. The lowest BCUT2D eigenvalue weighted by atomic mass is 10.2. The highest BCUT2D eigenvalue weighted by molar-refractivity contribution is 7.89. The molecule has 0 saturated carbocycles. The Morgan fingerprint density at radius 3 is 2.53 bits per heavy atom. The smallest absolute Gasteiger partial charge is 0.358 e. The zero-order valence-corrected chi connectivity index (χ0v) is 18.5. The molecule has 1 aromatic carbocycles. The van der Waals surface area contributed by atoms with E-state index in [0.717, 1.165) is 15.7 Å². The van der Waals surface area contributed by atoms with E-state index < -0.39 is 16.0 Å². The van der Waals surface area contributed by atoms with Crippen molar-refractivity contribution < 1.29 is 17.9 Å². The highest BCUT2D eigenvalue weighted by Gasteiger charge is 2.19. The van der Waals surface area contributed by atoms with Gasteiger partial charge < -0.3 is 4.74 Å². The average molecular weight is 449 g/mol. The molecule has 158 valence electrons. The second-order valence-electron chi connectivity index (χ2n) is 6.85. The maximum atomic E-state index is 12.6. The van der Waals surface area contributed by atoms with Gasteiger partial charge in [0.2, 0.25) is 10.0 Å². The number of rotatable bonds is 6. The summed E-state index contributed by atoms with van der Waals surface area (Å²) in [6, 6.07) is 11.3. The first-order valence-electron chi connectivity index (χ1n) is 8.98. The van der Waals surface area contributed by atoms with Gasteiger partial charge in [-0.1, -0.05) is 23.7 Å². The van der Waals surface area contributed by atoms with Crippen LogP contribution in [-0.2, 0) is 21.4 Å². The van der Waals surface area contributed by atoms with Crippen molar-refractivity contribution in [2.24, 2.45) is 0 Å². The molecule has 0 radical (unpaired) electrons. The third-order valence-electron chi connectivity index (χ3n) is 4.30. The van der Waals surface area contributed by atoms with Crippen molar-refractivity contribution in [2.75, 3.05) is 14.1 Å². The van der Waals surface area contributed by atoms with Crippen LogP contribution in [0.4, 0.5) is 0 Å². The fourth-order valence-corrected chi connectivity index (χ4v) is 3.93. The maximum Gasteiger partial charge on any atom is 0.358 e. The van der Waals surface area contributed by atoms with Gasteiger partial charge in [-0.05, 0) is 49.7 Å². The van der Waals surface area contributed by atoms with Crippen molar-refractivity contribution in [1.82, 2.24) is 19.1 Å². The minimum Gasteiger partial charge on any atom is -0.456 e. The van der Waals surface area contributed by atoms with Crippen LogP contribution in [0.25, 0.3) is 5.82 Å². The molecule has 0 N–H and O–H groups in total. The van der Waals surface area contributed by atoms with Gasteiger partial charge in [-0.25, -0.2) is 27.2 Å². The standard InChI is InChI=1S/C20H21ClN4O4S/c1-13-10-14(2)25(23-13)18-9-8-17(21)19(22-18)20(26)29-12-15-6-5-7-16(11-15)30(27,28)24(3)4/h5-11H,12H2,1-4H3. The van der Waals surface area contributed by atoms with E-state index in [1.807, 2.05) is 19.9 Å². The summed E-state index contributed by atoms with van der Waals surface area (Å²) in [7, 11) is -0.686. The van der Waals surface area contributed by atoms with Crippen LogP contribution in [0.5, 0.6) is 0 Å². The first-order valence-corrected chi connectivity index (χ1v) is 10.8. The summed E-state index contributed by atoms with van der Waals surface area (Å²) in [5, 5.41) is 4.50. The fraction of sp³-hybridized carbons (Fsp3) is 0.250. The zero-order chi connectivity index (χ0) is 22.1. The highest BCUT2D eigenvalue weighted by Crippen LogP contribution is 2.20. The minimum absolute atomic E-state index is 0.0428. The number of benzene rings is 1. The molecule has 10 heteroatoms. The minimum atomic E-state index is -3.59. The van der Waals surface area contributed by atoms with Gasteiger partial charge in [-0.15, -0.1) is 0 Å². The second-order valence-corrected chi connectivity index (χ2v) is 9.41. The molecule has 8 nitrogen and oxygen atoms in total. The second kappa shape index (κ2) is 8.55. The lowest BCUT2D eigenvalue weighted by Gasteiger charge is -2.12. The van der Waals surface area contributed by atoms with Gasteiger partial charge in [0, 0.05) is 19.8 Å². The van der Waals surface area contributed by atoms with E-state index in [-0.39, 0.29) is 22.2 Å². The summed E-state index contributed by atoms with van der Waals surface area (Å²) in [5.74, 6) is -0.278. The Balaban J connectivity index is 1.81.